The number of hydrogen-bond acceptors (Lipinski definition) is 2. The van der Waals surface area contributed by atoms with Crippen LogP contribution in [0, 0.1) is 29.6 Å². The zero-order valence-corrected chi connectivity index (χ0v) is 11.4. The van der Waals surface area contributed by atoms with Crippen LogP contribution in [-0.2, 0) is 11.3 Å². The van der Waals surface area contributed by atoms with Crippen molar-refractivity contribution in [2.45, 2.75) is 25.8 Å². The molecule has 0 aliphatic heterocycles. The molecule has 3 heteroatoms. The van der Waals surface area contributed by atoms with Crippen LogP contribution < -0.4 is 5.32 Å². The summed E-state index contributed by atoms with van der Waals surface area (Å²) < 4.78 is 0. The molecule has 0 bridgehead atoms. The van der Waals surface area contributed by atoms with Gasteiger partial charge in [0, 0.05) is 18.0 Å². The second kappa shape index (κ2) is 5.68. The van der Waals surface area contributed by atoms with E-state index < -0.39 is 0 Å². The molecule has 0 radical (unpaired) electrons. The molecule has 2 aliphatic rings. The molecular weight excluding hydrogens is 250 g/mol. The van der Waals surface area contributed by atoms with Crippen molar-refractivity contribution in [3.63, 3.8) is 0 Å². The Labute approximate surface area is 119 Å². The van der Waals surface area contributed by atoms with Crippen molar-refractivity contribution in [1.29, 1.82) is 0 Å². The number of amides is 1. The van der Waals surface area contributed by atoms with Crippen LogP contribution in [0.4, 0.5) is 0 Å². The first kappa shape index (κ1) is 13.2. The van der Waals surface area contributed by atoms with Crippen molar-refractivity contribution in [3.05, 3.63) is 35.4 Å². The first-order chi connectivity index (χ1) is 9.79. The average Bonchev–Trinajstić information content (AvgIpc) is 2.96. The third-order valence-corrected chi connectivity index (χ3v) is 4.41. The molecule has 0 spiro atoms. The van der Waals surface area contributed by atoms with Crippen LogP contribution in [-0.4, -0.2) is 17.6 Å². The fourth-order valence-electron chi connectivity index (χ4n) is 3.42. The number of carbonyl (C=O) groups is 1. The monoisotopic (exact) mass is 269 g/mol. The van der Waals surface area contributed by atoms with Crippen LogP contribution in [0.1, 0.15) is 30.4 Å². The van der Waals surface area contributed by atoms with Crippen molar-refractivity contribution in [3.8, 4) is 11.8 Å². The van der Waals surface area contributed by atoms with E-state index in [9.17, 15) is 4.79 Å². The lowest BCUT2D eigenvalue weighted by atomic mass is 10.1. The summed E-state index contributed by atoms with van der Waals surface area (Å²) >= 11 is 0. The van der Waals surface area contributed by atoms with Crippen LogP contribution in [0.25, 0.3) is 0 Å². The Balaban J connectivity index is 1.54. The van der Waals surface area contributed by atoms with Crippen LogP contribution in [0.2, 0.25) is 0 Å². The van der Waals surface area contributed by atoms with E-state index in [1.54, 1.807) is 0 Å². The van der Waals surface area contributed by atoms with Gasteiger partial charge in [0.1, 0.15) is 6.61 Å². The number of rotatable bonds is 3. The molecule has 3 rings (SSSR count). The second-order valence-corrected chi connectivity index (χ2v) is 5.66. The van der Waals surface area contributed by atoms with Gasteiger partial charge in [-0.1, -0.05) is 30.4 Å². The largest absolute Gasteiger partial charge is 0.384 e. The van der Waals surface area contributed by atoms with Crippen LogP contribution in [0.15, 0.2) is 24.3 Å². The minimum absolute atomic E-state index is 0.134. The lowest BCUT2D eigenvalue weighted by molar-refractivity contribution is -0.123. The van der Waals surface area contributed by atoms with Gasteiger partial charge in [0.05, 0.1) is 0 Å². The molecule has 3 nitrogen and oxygen atoms in total. The Morgan fingerprint density at radius 3 is 2.90 bits per heavy atom. The highest BCUT2D eigenvalue weighted by Gasteiger charge is 2.56. The molecule has 2 aliphatic carbocycles. The Kier molecular flexibility index (Phi) is 3.75. The third-order valence-electron chi connectivity index (χ3n) is 4.41. The molecule has 2 atom stereocenters. The van der Waals surface area contributed by atoms with Crippen LogP contribution in [0.5, 0.6) is 0 Å². The van der Waals surface area contributed by atoms with Crippen molar-refractivity contribution < 1.29 is 9.90 Å². The Morgan fingerprint density at radius 2 is 2.15 bits per heavy atom. The maximum absolute atomic E-state index is 12.1. The van der Waals surface area contributed by atoms with E-state index in [-0.39, 0.29) is 18.4 Å². The highest BCUT2D eigenvalue weighted by atomic mass is 16.2. The van der Waals surface area contributed by atoms with Gasteiger partial charge in [-0.05, 0) is 42.4 Å². The second-order valence-electron chi connectivity index (χ2n) is 5.66. The quantitative estimate of drug-likeness (QED) is 0.820. The maximum Gasteiger partial charge on any atom is 0.223 e. The molecule has 1 amide bonds. The molecule has 2 fully saturated rings. The summed E-state index contributed by atoms with van der Waals surface area (Å²) in [5.41, 5.74) is 1.92. The van der Waals surface area contributed by atoms with Gasteiger partial charge < -0.3 is 10.4 Å². The van der Waals surface area contributed by atoms with Gasteiger partial charge in [0.2, 0.25) is 5.91 Å². The Hall–Kier alpha value is -1.79. The van der Waals surface area contributed by atoms with Crippen molar-refractivity contribution in [2.24, 2.45) is 17.8 Å². The fourth-order valence-corrected chi connectivity index (χ4v) is 3.42. The average molecular weight is 269 g/mol. The molecule has 2 unspecified atom stereocenters. The Morgan fingerprint density at radius 1 is 1.35 bits per heavy atom. The molecule has 2 N–H and O–H groups in total. The minimum atomic E-state index is -0.134. The van der Waals surface area contributed by atoms with Crippen molar-refractivity contribution in [2.75, 3.05) is 6.61 Å². The number of benzene rings is 1. The number of nitrogens with one attached hydrogen (secondary N) is 1. The summed E-state index contributed by atoms with van der Waals surface area (Å²) in [7, 11) is 0. The zero-order chi connectivity index (χ0) is 13.9. The van der Waals surface area contributed by atoms with Gasteiger partial charge in [-0.3, -0.25) is 4.79 Å². The van der Waals surface area contributed by atoms with E-state index in [2.05, 4.69) is 17.2 Å². The molecule has 1 aromatic rings. The molecule has 20 heavy (non-hydrogen) atoms. The van der Waals surface area contributed by atoms with Crippen molar-refractivity contribution >= 4 is 5.91 Å². The van der Waals surface area contributed by atoms with Crippen molar-refractivity contribution in [1.82, 2.24) is 5.32 Å². The van der Waals surface area contributed by atoms with Gasteiger partial charge in [-0.25, -0.2) is 0 Å². The third kappa shape index (κ3) is 2.71. The number of aliphatic hydroxyl groups excluding tert-OH is 1. The van der Waals surface area contributed by atoms with Gasteiger partial charge in [0.15, 0.2) is 0 Å². The van der Waals surface area contributed by atoms with Gasteiger partial charge in [-0.2, -0.15) is 0 Å². The van der Waals surface area contributed by atoms with E-state index in [4.69, 9.17) is 5.11 Å². The summed E-state index contributed by atoms with van der Waals surface area (Å²) in [6, 6.07) is 7.77. The first-order valence-corrected chi connectivity index (χ1v) is 7.26. The fraction of sp³-hybridized carbons (Fsp3) is 0.471. The molecule has 104 valence electrons. The smallest absolute Gasteiger partial charge is 0.223 e. The van der Waals surface area contributed by atoms with Crippen LogP contribution >= 0.6 is 0 Å². The molecule has 1 aromatic carbocycles. The first-order valence-electron chi connectivity index (χ1n) is 7.26. The van der Waals surface area contributed by atoms with E-state index in [1.165, 1.54) is 19.3 Å². The predicted molar refractivity (Wildman–Crippen MR) is 76.6 cm³/mol. The number of fused-ring (bicyclic) bond motifs is 1. The number of carbonyl (C=O) groups excluding carboxylic acids is 1. The molecule has 2 saturated carbocycles. The molecule has 0 heterocycles. The Bertz CT molecular complexity index is 560. The van der Waals surface area contributed by atoms with Gasteiger partial charge >= 0.3 is 0 Å². The highest BCUT2D eigenvalue weighted by molar-refractivity contribution is 5.82. The number of aliphatic hydroxyl groups is 1. The van der Waals surface area contributed by atoms with E-state index in [0.717, 1.165) is 11.1 Å². The topological polar surface area (TPSA) is 49.3 Å². The zero-order valence-electron chi connectivity index (χ0n) is 11.4. The molecule has 0 saturated heterocycles. The van der Waals surface area contributed by atoms with Gasteiger partial charge in [-0.15, -0.1) is 0 Å². The minimum Gasteiger partial charge on any atom is -0.384 e. The maximum atomic E-state index is 12.1. The lowest BCUT2D eigenvalue weighted by Crippen LogP contribution is -2.26. The van der Waals surface area contributed by atoms with Crippen LogP contribution in [0.3, 0.4) is 0 Å². The van der Waals surface area contributed by atoms with Gasteiger partial charge in [0.25, 0.3) is 0 Å². The molecule has 0 aromatic heterocycles. The lowest BCUT2D eigenvalue weighted by Gasteiger charge is -2.07. The highest BCUT2D eigenvalue weighted by Crippen LogP contribution is 2.57. The standard InChI is InChI=1S/C17H19NO2/c19-9-3-6-12-4-1-5-13(10-12)11-18-17(20)16-14-7-2-8-15(14)16/h1,4-5,10,14-16,19H,2,7-9,11H2,(H,18,20). The van der Waals surface area contributed by atoms with E-state index in [0.29, 0.717) is 18.4 Å². The summed E-state index contributed by atoms with van der Waals surface area (Å²) in [6.45, 7) is 0.425. The summed E-state index contributed by atoms with van der Waals surface area (Å²) in [5.74, 6) is 7.33. The van der Waals surface area contributed by atoms with E-state index >= 15 is 0 Å². The molecular formula is C17H19NO2. The SMILES string of the molecule is O=C(NCc1cccc(C#CCO)c1)C1C2CCCC21. The predicted octanol–water partition coefficient (Wildman–Crippen LogP) is 1.69. The normalized spacial score (nSPS) is 26.4. The summed E-state index contributed by atoms with van der Waals surface area (Å²) in [5, 5.41) is 11.7. The summed E-state index contributed by atoms with van der Waals surface area (Å²) in [6.07, 6.45) is 3.76. The summed E-state index contributed by atoms with van der Waals surface area (Å²) in [4.78, 5) is 12.1. The van der Waals surface area contributed by atoms with E-state index in [1.807, 2.05) is 24.3 Å². The number of hydrogen-bond donors (Lipinski definition) is 2.